The molecule has 0 bridgehead atoms. The summed E-state index contributed by atoms with van der Waals surface area (Å²) in [4.78, 5) is 28.5. The molecule has 0 aliphatic carbocycles. The van der Waals surface area contributed by atoms with E-state index in [0.717, 1.165) is 35.3 Å². The van der Waals surface area contributed by atoms with Crippen molar-refractivity contribution in [3.63, 3.8) is 0 Å². The molecule has 0 aromatic heterocycles. The van der Waals surface area contributed by atoms with E-state index in [0.29, 0.717) is 18.8 Å². The molecule has 1 heterocycles. The molecule has 150 valence electrons. The van der Waals surface area contributed by atoms with E-state index in [-0.39, 0.29) is 18.3 Å². The average Bonchev–Trinajstić information content (AvgIpc) is 2.77. The van der Waals surface area contributed by atoms with Crippen molar-refractivity contribution in [2.24, 2.45) is 0 Å². The third kappa shape index (κ3) is 4.82. The maximum Gasteiger partial charge on any atom is 0.411 e. The molecule has 3 rings (SSSR count). The molecule has 6 nitrogen and oxygen atoms in total. The molecule has 0 saturated heterocycles. The van der Waals surface area contributed by atoms with Gasteiger partial charge in [-0.1, -0.05) is 24.3 Å². The lowest BCUT2D eigenvalue weighted by Crippen LogP contribution is -2.35. The molecule has 0 saturated carbocycles. The van der Waals surface area contributed by atoms with E-state index in [1.54, 1.807) is 11.8 Å². The molecule has 1 N–H and O–H groups in total. The number of fused-ring (bicyclic) bond motifs is 2. The van der Waals surface area contributed by atoms with Gasteiger partial charge in [0.1, 0.15) is 0 Å². The lowest BCUT2D eigenvalue weighted by molar-refractivity contribution is -0.118. The number of amides is 2. The minimum absolute atomic E-state index is 0. The number of carbonyl (C=O) groups excluding carboxylic acids is 2. The van der Waals surface area contributed by atoms with Crippen LogP contribution in [-0.4, -0.2) is 44.1 Å². The maximum absolute atomic E-state index is 13.1. The number of anilines is 3. The largest absolute Gasteiger partial charge is 0.450 e. The molecule has 0 unspecified atom stereocenters. The first-order chi connectivity index (χ1) is 13.0. The molecular weight excluding hydrogens is 378 g/mol. The number of para-hydroxylation sites is 1. The first kappa shape index (κ1) is 21.7. The van der Waals surface area contributed by atoms with E-state index in [2.05, 4.69) is 11.4 Å². The second-order valence-corrected chi connectivity index (χ2v) is 6.78. The van der Waals surface area contributed by atoms with E-state index < -0.39 is 6.09 Å². The molecule has 1 aliphatic heterocycles. The van der Waals surface area contributed by atoms with Gasteiger partial charge in [-0.3, -0.25) is 15.0 Å². The van der Waals surface area contributed by atoms with E-state index in [1.165, 1.54) is 0 Å². The molecule has 0 atom stereocenters. The number of ether oxygens (including phenoxy) is 1. The predicted octanol–water partition coefficient (Wildman–Crippen LogP) is 4.00. The topological polar surface area (TPSA) is 61.9 Å². The number of rotatable bonds is 4. The fourth-order valence-electron chi connectivity index (χ4n) is 3.30. The van der Waals surface area contributed by atoms with Gasteiger partial charge in [-0.15, -0.1) is 12.4 Å². The van der Waals surface area contributed by atoms with Crippen LogP contribution in [0.15, 0.2) is 42.5 Å². The zero-order valence-electron chi connectivity index (χ0n) is 16.4. The molecule has 0 spiro atoms. The van der Waals surface area contributed by atoms with E-state index in [9.17, 15) is 9.59 Å². The standard InChI is InChI=1S/C21H25N3O3.ClH/c1-4-27-21(26)22-17-12-11-16-10-9-15-7-5-6-8-18(15)24(19(16)13-17)20(25)14-23(2)3;/h5-8,11-13H,4,9-10,14H2,1-3H3,(H,22,26);1H. The number of nitrogens with one attached hydrogen (secondary N) is 1. The van der Waals surface area contributed by atoms with Crippen molar-refractivity contribution in [2.75, 3.05) is 37.5 Å². The molecule has 2 aromatic rings. The van der Waals surface area contributed by atoms with Gasteiger partial charge in [0.05, 0.1) is 24.5 Å². The Morgan fingerprint density at radius 3 is 2.43 bits per heavy atom. The lowest BCUT2D eigenvalue weighted by atomic mass is 10.0. The monoisotopic (exact) mass is 403 g/mol. The number of benzene rings is 2. The van der Waals surface area contributed by atoms with Gasteiger partial charge in [0, 0.05) is 5.69 Å². The molecule has 28 heavy (non-hydrogen) atoms. The minimum Gasteiger partial charge on any atom is -0.450 e. The normalized spacial score (nSPS) is 12.4. The summed E-state index contributed by atoms with van der Waals surface area (Å²) in [6, 6.07) is 13.6. The van der Waals surface area contributed by atoms with Crippen molar-refractivity contribution in [3.8, 4) is 0 Å². The number of hydrogen-bond donors (Lipinski definition) is 1. The Bertz CT molecular complexity index is 855. The smallest absolute Gasteiger partial charge is 0.411 e. The first-order valence-corrected chi connectivity index (χ1v) is 9.12. The fourth-order valence-corrected chi connectivity index (χ4v) is 3.30. The molecule has 2 amide bonds. The third-order valence-electron chi connectivity index (χ3n) is 4.45. The summed E-state index contributed by atoms with van der Waals surface area (Å²) in [6.45, 7) is 2.36. The number of carbonyl (C=O) groups is 2. The quantitative estimate of drug-likeness (QED) is 0.838. The van der Waals surface area contributed by atoms with Crippen molar-refractivity contribution in [1.82, 2.24) is 4.90 Å². The zero-order chi connectivity index (χ0) is 19.4. The summed E-state index contributed by atoms with van der Waals surface area (Å²) in [6.07, 6.45) is 1.19. The van der Waals surface area contributed by atoms with Crippen molar-refractivity contribution in [1.29, 1.82) is 0 Å². The van der Waals surface area contributed by atoms with Gasteiger partial charge in [0.25, 0.3) is 0 Å². The van der Waals surface area contributed by atoms with Crippen LogP contribution >= 0.6 is 12.4 Å². The van der Waals surface area contributed by atoms with Gasteiger partial charge in [-0.25, -0.2) is 4.79 Å². The number of nitrogens with zero attached hydrogens (tertiary/aromatic N) is 2. The molecule has 7 heteroatoms. The summed E-state index contributed by atoms with van der Waals surface area (Å²) < 4.78 is 4.96. The van der Waals surface area contributed by atoms with Crippen molar-refractivity contribution in [2.45, 2.75) is 19.8 Å². The molecular formula is C21H26ClN3O3. The number of likely N-dealkylation sites (N-methyl/N-ethyl adjacent to an activating group) is 1. The van der Waals surface area contributed by atoms with Gasteiger partial charge in [0.2, 0.25) is 5.91 Å². The van der Waals surface area contributed by atoms with Crippen molar-refractivity contribution in [3.05, 3.63) is 53.6 Å². The van der Waals surface area contributed by atoms with Crippen LogP contribution in [-0.2, 0) is 22.4 Å². The highest BCUT2D eigenvalue weighted by Crippen LogP contribution is 2.37. The lowest BCUT2D eigenvalue weighted by Gasteiger charge is -2.27. The van der Waals surface area contributed by atoms with Crippen LogP contribution < -0.4 is 10.2 Å². The highest BCUT2D eigenvalue weighted by Gasteiger charge is 2.26. The van der Waals surface area contributed by atoms with Crippen LogP contribution in [0.5, 0.6) is 0 Å². The highest BCUT2D eigenvalue weighted by atomic mass is 35.5. The van der Waals surface area contributed by atoms with Gasteiger partial charge in [-0.05, 0) is 63.2 Å². The highest BCUT2D eigenvalue weighted by molar-refractivity contribution is 6.04. The zero-order valence-corrected chi connectivity index (χ0v) is 17.2. The maximum atomic E-state index is 13.1. The van der Waals surface area contributed by atoms with Gasteiger partial charge in [0.15, 0.2) is 0 Å². The Balaban J connectivity index is 0.00000280. The van der Waals surface area contributed by atoms with Crippen LogP contribution in [0.3, 0.4) is 0 Å². The molecule has 0 fully saturated rings. The Morgan fingerprint density at radius 1 is 1.07 bits per heavy atom. The summed E-state index contributed by atoms with van der Waals surface area (Å²) in [5.74, 6) is -0.0103. The van der Waals surface area contributed by atoms with Crippen LogP contribution in [0, 0.1) is 0 Å². The molecule has 1 aliphatic rings. The summed E-state index contributed by atoms with van der Waals surface area (Å²) >= 11 is 0. The van der Waals surface area contributed by atoms with Gasteiger partial charge >= 0.3 is 6.09 Å². The average molecular weight is 404 g/mol. The van der Waals surface area contributed by atoms with E-state index >= 15 is 0 Å². The summed E-state index contributed by atoms with van der Waals surface area (Å²) in [5, 5.41) is 2.73. The predicted molar refractivity (Wildman–Crippen MR) is 114 cm³/mol. The van der Waals surface area contributed by atoms with Crippen LogP contribution in [0.1, 0.15) is 18.1 Å². The summed E-state index contributed by atoms with van der Waals surface area (Å²) in [5.41, 5.74) is 4.53. The van der Waals surface area contributed by atoms with Crippen LogP contribution in [0.4, 0.5) is 21.9 Å². The Morgan fingerprint density at radius 2 is 1.75 bits per heavy atom. The molecule has 2 aromatic carbocycles. The van der Waals surface area contributed by atoms with E-state index in [1.807, 2.05) is 55.4 Å². The Kier molecular flexibility index (Phi) is 7.43. The fraction of sp³-hybridized carbons (Fsp3) is 0.333. The van der Waals surface area contributed by atoms with Crippen molar-refractivity contribution >= 4 is 41.5 Å². The van der Waals surface area contributed by atoms with E-state index in [4.69, 9.17) is 4.74 Å². The van der Waals surface area contributed by atoms with Crippen LogP contribution in [0.25, 0.3) is 0 Å². The number of hydrogen-bond acceptors (Lipinski definition) is 4. The van der Waals surface area contributed by atoms with Crippen LogP contribution in [0.2, 0.25) is 0 Å². The minimum atomic E-state index is -0.502. The Labute approximate surface area is 171 Å². The van der Waals surface area contributed by atoms with Gasteiger partial charge < -0.3 is 9.64 Å². The first-order valence-electron chi connectivity index (χ1n) is 9.12. The number of aryl methyl sites for hydroxylation is 2. The third-order valence-corrected chi connectivity index (χ3v) is 4.45. The SMILES string of the molecule is CCOC(=O)Nc1ccc2c(c1)N(C(=O)CN(C)C)c1ccccc1CC2.Cl. The van der Waals surface area contributed by atoms with Gasteiger partial charge in [-0.2, -0.15) is 0 Å². The number of halogens is 1. The Hall–Kier alpha value is -2.57. The second kappa shape index (κ2) is 9.57. The van der Waals surface area contributed by atoms with Crippen molar-refractivity contribution < 1.29 is 14.3 Å². The molecule has 0 radical (unpaired) electrons. The second-order valence-electron chi connectivity index (χ2n) is 6.78. The summed E-state index contributed by atoms with van der Waals surface area (Å²) in [7, 11) is 3.75.